The van der Waals surface area contributed by atoms with Crippen LogP contribution < -0.4 is 10.1 Å². The number of halogens is 2. The molecule has 1 N–H and O–H groups in total. The fraction of sp³-hybridized carbons (Fsp3) is 0.212. The van der Waals surface area contributed by atoms with E-state index in [9.17, 15) is 19.7 Å². The Morgan fingerprint density at radius 1 is 1.00 bits per heavy atom. The first-order valence-corrected chi connectivity index (χ1v) is 16.0. The number of hydrogen-bond donors (Lipinski definition) is 1. The van der Waals surface area contributed by atoms with Gasteiger partial charge in [-0.2, -0.15) is 0 Å². The summed E-state index contributed by atoms with van der Waals surface area (Å²) in [5, 5.41) is 14.9. The number of nitrogens with one attached hydrogen (secondary N) is 1. The molecule has 0 spiro atoms. The highest BCUT2D eigenvalue weighted by atomic mass is 79.9. The van der Waals surface area contributed by atoms with E-state index in [1.54, 1.807) is 48.5 Å². The van der Waals surface area contributed by atoms with Gasteiger partial charge < -0.3 is 14.8 Å². The van der Waals surface area contributed by atoms with Crippen molar-refractivity contribution in [2.45, 2.75) is 33.9 Å². The molecule has 0 aromatic heterocycles. The molecule has 0 bridgehead atoms. The van der Waals surface area contributed by atoms with E-state index in [1.165, 1.54) is 31.0 Å². The van der Waals surface area contributed by atoms with E-state index < -0.39 is 11.9 Å². The van der Waals surface area contributed by atoms with Gasteiger partial charge in [-0.25, -0.2) is 9.59 Å². The van der Waals surface area contributed by atoms with Crippen LogP contribution in [0.2, 0.25) is 0 Å². The molecule has 8 nitrogen and oxygen atoms in total. The number of methoxy groups -OCH3 is 1. The number of nitro groups is 1. The van der Waals surface area contributed by atoms with E-state index >= 15 is 0 Å². The Morgan fingerprint density at radius 2 is 1.73 bits per heavy atom. The van der Waals surface area contributed by atoms with Crippen molar-refractivity contribution < 1.29 is 24.0 Å². The van der Waals surface area contributed by atoms with Crippen LogP contribution in [0.15, 0.2) is 100 Å². The van der Waals surface area contributed by atoms with Gasteiger partial charge in [-0.05, 0) is 72.0 Å². The fourth-order valence-corrected chi connectivity index (χ4v) is 8.32. The molecule has 0 amide bonds. The SMILES string of the molecule is COC(=O)c1ccccc1OC(=O)c1ccc2c(c1)[C@@H]1[C@H](Cl)[C@H](Sc3ccccc3[N+](=O)[O-])C[C@@H]1[C@@H](c1ccc(Br)cc1)N2. The van der Waals surface area contributed by atoms with Crippen LogP contribution in [-0.4, -0.2) is 34.6 Å². The molecule has 1 fully saturated rings. The molecular formula is C33H26BrClN2O6S. The van der Waals surface area contributed by atoms with Gasteiger partial charge in [0.2, 0.25) is 0 Å². The van der Waals surface area contributed by atoms with Crippen molar-refractivity contribution in [1.29, 1.82) is 0 Å². The molecule has 11 heteroatoms. The molecule has 6 rings (SSSR count). The number of benzene rings is 4. The van der Waals surface area contributed by atoms with Crippen molar-refractivity contribution in [2.75, 3.05) is 12.4 Å². The summed E-state index contributed by atoms with van der Waals surface area (Å²) >= 11 is 12.2. The topological polar surface area (TPSA) is 108 Å². The Labute approximate surface area is 271 Å². The van der Waals surface area contributed by atoms with Crippen molar-refractivity contribution in [2.24, 2.45) is 5.92 Å². The number of esters is 2. The number of nitrogens with zero attached hydrogens (tertiary/aromatic N) is 1. The number of alkyl halides is 1. The molecule has 1 aliphatic carbocycles. The monoisotopic (exact) mass is 692 g/mol. The van der Waals surface area contributed by atoms with Gasteiger partial charge in [-0.15, -0.1) is 23.4 Å². The van der Waals surface area contributed by atoms with Crippen molar-refractivity contribution in [3.05, 3.63) is 128 Å². The Balaban J connectivity index is 1.35. The molecule has 1 aliphatic heterocycles. The minimum absolute atomic E-state index is 0.0396. The molecule has 0 radical (unpaired) electrons. The van der Waals surface area contributed by atoms with Gasteiger partial charge in [0.25, 0.3) is 5.69 Å². The van der Waals surface area contributed by atoms with E-state index in [2.05, 4.69) is 33.4 Å². The van der Waals surface area contributed by atoms with Crippen LogP contribution in [0.5, 0.6) is 5.75 Å². The third-order valence-corrected chi connectivity index (χ3v) is 10.8. The second-order valence-electron chi connectivity index (χ2n) is 10.6. The lowest BCUT2D eigenvalue weighted by molar-refractivity contribution is -0.387. The van der Waals surface area contributed by atoms with Crippen LogP contribution in [0.3, 0.4) is 0 Å². The van der Waals surface area contributed by atoms with Crippen molar-refractivity contribution in [3.63, 3.8) is 0 Å². The standard InChI is InChI=1S/C33H26BrClN2O6S/c1-42-33(39)21-6-2-4-8-26(21)43-32(38)19-12-15-24-22(16-19)29-23(31(36-24)18-10-13-20(34)14-11-18)17-28(30(29)35)44-27-9-5-3-7-25(27)37(40)41/h2-16,23,28-31,36H,17H2,1H3/t23-,28+,29-,30+,31+/m0/s1. The normalized spacial score (nSPS) is 21.8. The van der Waals surface area contributed by atoms with Crippen LogP contribution in [0.1, 0.15) is 50.2 Å². The highest BCUT2D eigenvalue weighted by molar-refractivity contribution is 9.10. The maximum Gasteiger partial charge on any atom is 0.343 e. The maximum absolute atomic E-state index is 13.4. The lowest BCUT2D eigenvalue weighted by Gasteiger charge is -2.38. The number of fused-ring (bicyclic) bond motifs is 3. The number of hydrogen-bond acceptors (Lipinski definition) is 8. The van der Waals surface area contributed by atoms with Crippen LogP contribution in [0.4, 0.5) is 11.4 Å². The molecular weight excluding hydrogens is 668 g/mol. The lowest BCUT2D eigenvalue weighted by atomic mass is 9.77. The number of rotatable bonds is 7. The highest BCUT2D eigenvalue weighted by Gasteiger charge is 2.50. The van der Waals surface area contributed by atoms with E-state index in [-0.39, 0.29) is 50.4 Å². The molecule has 44 heavy (non-hydrogen) atoms. The van der Waals surface area contributed by atoms with Crippen LogP contribution in [0.25, 0.3) is 0 Å². The minimum atomic E-state index is -0.620. The largest absolute Gasteiger partial charge is 0.465 e. The summed E-state index contributed by atoms with van der Waals surface area (Å²) in [5.41, 5.74) is 3.34. The summed E-state index contributed by atoms with van der Waals surface area (Å²) in [6.45, 7) is 0. The van der Waals surface area contributed by atoms with Gasteiger partial charge in [-0.3, -0.25) is 10.1 Å². The van der Waals surface area contributed by atoms with E-state index in [0.717, 1.165) is 21.3 Å². The first-order chi connectivity index (χ1) is 21.2. The molecule has 0 saturated heterocycles. The smallest absolute Gasteiger partial charge is 0.343 e. The molecule has 224 valence electrons. The summed E-state index contributed by atoms with van der Waals surface area (Å²) in [4.78, 5) is 37.5. The van der Waals surface area contributed by atoms with E-state index in [1.807, 2.05) is 18.2 Å². The van der Waals surface area contributed by atoms with Gasteiger partial charge in [-0.1, -0.05) is 52.3 Å². The summed E-state index contributed by atoms with van der Waals surface area (Å²) in [6.07, 6.45) is 0.698. The van der Waals surface area contributed by atoms with Gasteiger partial charge in [0.15, 0.2) is 0 Å². The molecule has 4 aromatic rings. The predicted octanol–water partition coefficient (Wildman–Crippen LogP) is 8.40. The van der Waals surface area contributed by atoms with Gasteiger partial charge in [0.1, 0.15) is 11.3 Å². The minimum Gasteiger partial charge on any atom is -0.465 e. The summed E-state index contributed by atoms with van der Waals surface area (Å²) < 4.78 is 11.5. The molecule has 4 aromatic carbocycles. The summed E-state index contributed by atoms with van der Waals surface area (Å²) in [7, 11) is 1.26. The van der Waals surface area contributed by atoms with Gasteiger partial charge in [0, 0.05) is 27.4 Å². The van der Waals surface area contributed by atoms with Crippen molar-refractivity contribution in [1.82, 2.24) is 0 Å². The first-order valence-electron chi connectivity index (χ1n) is 13.8. The summed E-state index contributed by atoms with van der Waals surface area (Å²) in [5.74, 6) is -1.24. The average Bonchev–Trinajstić information content (AvgIpc) is 3.36. The molecule has 1 saturated carbocycles. The Bertz CT molecular complexity index is 1750. The predicted molar refractivity (Wildman–Crippen MR) is 173 cm³/mol. The van der Waals surface area contributed by atoms with Gasteiger partial charge in [0.05, 0.1) is 33.9 Å². The lowest BCUT2D eigenvalue weighted by Crippen LogP contribution is -2.31. The van der Waals surface area contributed by atoms with Crippen molar-refractivity contribution >= 4 is 62.6 Å². The Morgan fingerprint density at radius 3 is 2.48 bits per heavy atom. The highest BCUT2D eigenvalue weighted by Crippen LogP contribution is 2.58. The number of ether oxygens (including phenoxy) is 2. The van der Waals surface area contributed by atoms with Gasteiger partial charge >= 0.3 is 11.9 Å². The van der Waals surface area contributed by atoms with Crippen LogP contribution in [0, 0.1) is 16.0 Å². The number of carbonyl (C=O) groups excluding carboxylic acids is 2. The molecule has 5 atom stereocenters. The van der Waals surface area contributed by atoms with Crippen LogP contribution in [-0.2, 0) is 4.74 Å². The van der Waals surface area contributed by atoms with E-state index in [0.29, 0.717) is 16.9 Å². The zero-order valence-corrected chi connectivity index (χ0v) is 26.5. The number of thioether (sulfide) groups is 1. The van der Waals surface area contributed by atoms with Crippen molar-refractivity contribution in [3.8, 4) is 5.75 Å². The zero-order chi connectivity index (χ0) is 31.0. The third kappa shape index (κ3) is 5.81. The Hall–Kier alpha value is -3.86. The number of anilines is 1. The summed E-state index contributed by atoms with van der Waals surface area (Å²) in [6, 6.07) is 26.5. The Kier molecular flexibility index (Phi) is 8.66. The molecule has 1 heterocycles. The number of nitro benzene ring substituents is 1. The first kappa shape index (κ1) is 30.2. The van der Waals surface area contributed by atoms with Crippen LogP contribution >= 0.6 is 39.3 Å². The second kappa shape index (κ2) is 12.6. The number of para-hydroxylation sites is 2. The fourth-order valence-electron chi connectivity index (χ4n) is 6.11. The quantitative estimate of drug-likeness (QED) is 0.0676. The number of carbonyl (C=O) groups is 2. The molecule has 2 aliphatic rings. The zero-order valence-electron chi connectivity index (χ0n) is 23.3. The third-order valence-electron chi connectivity index (χ3n) is 8.11. The van der Waals surface area contributed by atoms with E-state index in [4.69, 9.17) is 21.1 Å². The second-order valence-corrected chi connectivity index (χ2v) is 13.3. The molecule has 0 unspecified atom stereocenters. The maximum atomic E-state index is 13.4. The average molecular weight is 694 g/mol.